The lowest BCUT2D eigenvalue weighted by molar-refractivity contribution is -0.132. The molecule has 0 bridgehead atoms. The average Bonchev–Trinajstić information content (AvgIpc) is 3.80. The summed E-state index contributed by atoms with van der Waals surface area (Å²) in [6, 6.07) is 19.2. The summed E-state index contributed by atoms with van der Waals surface area (Å²) in [6.07, 6.45) is 4.40. The number of nitrogens with zero attached hydrogens (tertiary/aromatic N) is 2. The lowest BCUT2D eigenvalue weighted by Crippen LogP contribution is -2.44. The minimum atomic E-state index is -0.243. The number of carbonyl (C=O) groups is 2. The lowest BCUT2D eigenvalue weighted by Gasteiger charge is -2.28. The van der Waals surface area contributed by atoms with E-state index < -0.39 is 0 Å². The molecule has 0 spiro atoms. The fraction of sp³-hybridized carbons (Fsp3) is 0.353. The summed E-state index contributed by atoms with van der Waals surface area (Å²) < 4.78 is 22.0. The zero-order chi connectivity index (χ0) is 30.3. The third kappa shape index (κ3) is 6.88. The number of hydrogen-bond donors (Lipinski definition) is 1. The lowest BCUT2D eigenvalue weighted by atomic mass is 10.1. The molecule has 0 saturated heterocycles. The molecule has 3 aromatic carbocycles. The molecule has 1 saturated carbocycles. The van der Waals surface area contributed by atoms with Gasteiger partial charge in [0.25, 0.3) is 5.91 Å². The maximum atomic E-state index is 14.0. The summed E-state index contributed by atoms with van der Waals surface area (Å²) in [4.78, 5) is 34.7. The number of fused-ring (bicyclic) bond motifs is 1. The van der Waals surface area contributed by atoms with Crippen LogP contribution in [-0.2, 0) is 17.8 Å². The fourth-order valence-electron chi connectivity index (χ4n) is 5.33. The molecule has 9 heteroatoms. The Morgan fingerprint density at radius 1 is 0.930 bits per heavy atom. The van der Waals surface area contributed by atoms with E-state index in [4.69, 9.17) is 18.9 Å². The molecule has 4 aromatic rings. The average molecular weight is 586 g/mol. The molecule has 226 valence electrons. The molecule has 0 atom stereocenters. The molecule has 1 heterocycles. The van der Waals surface area contributed by atoms with Crippen LogP contribution in [0.2, 0.25) is 0 Å². The van der Waals surface area contributed by atoms with E-state index in [1.165, 1.54) is 21.3 Å². The fourth-order valence-corrected chi connectivity index (χ4v) is 5.33. The van der Waals surface area contributed by atoms with Crippen LogP contribution in [0.1, 0.15) is 41.3 Å². The van der Waals surface area contributed by atoms with Gasteiger partial charge in [-0.2, -0.15) is 0 Å². The molecule has 0 aliphatic heterocycles. The Balaban J connectivity index is 1.38. The van der Waals surface area contributed by atoms with E-state index in [-0.39, 0.29) is 24.4 Å². The number of aromatic nitrogens is 1. The maximum Gasteiger partial charge on any atom is 0.254 e. The van der Waals surface area contributed by atoms with E-state index in [2.05, 4.69) is 11.1 Å². The SMILES string of the molecule is CCOc1ccc(CN(CCc2c[nH]c3ccccc23)C(=O)CN(C(=O)c2cc(OC)c(OC)c(OC)c2)C2CC2)cc1. The summed E-state index contributed by atoms with van der Waals surface area (Å²) in [7, 11) is 4.55. The second-order valence-corrected chi connectivity index (χ2v) is 10.6. The Kier molecular flexibility index (Phi) is 9.39. The summed E-state index contributed by atoms with van der Waals surface area (Å²) in [6.45, 7) is 3.44. The predicted octanol–water partition coefficient (Wildman–Crippen LogP) is 5.47. The number of nitrogens with one attached hydrogen (secondary N) is 1. The number of aromatic amines is 1. The zero-order valence-electron chi connectivity index (χ0n) is 25.2. The van der Waals surface area contributed by atoms with Crippen molar-refractivity contribution in [3.05, 3.63) is 83.6 Å². The van der Waals surface area contributed by atoms with Crippen molar-refractivity contribution < 1.29 is 28.5 Å². The number of hydrogen-bond acceptors (Lipinski definition) is 6. The molecular weight excluding hydrogens is 546 g/mol. The van der Waals surface area contributed by atoms with E-state index in [1.807, 2.05) is 60.5 Å². The minimum absolute atomic E-state index is 0.0106. The monoisotopic (exact) mass is 585 g/mol. The Bertz CT molecular complexity index is 1540. The van der Waals surface area contributed by atoms with Gasteiger partial charge in [-0.05, 0) is 67.6 Å². The van der Waals surface area contributed by atoms with E-state index in [0.717, 1.165) is 40.6 Å². The zero-order valence-corrected chi connectivity index (χ0v) is 25.2. The van der Waals surface area contributed by atoms with Gasteiger partial charge in [-0.3, -0.25) is 9.59 Å². The number of carbonyl (C=O) groups excluding carboxylic acids is 2. The number of H-pyrrole nitrogens is 1. The number of amides is 2. The molecule has 2 amide bonds. The Hall–Kier alpha value is -4.66. The third-order valence-corrected chi connectivity index (χ3v) is 7.75. The van der Waals surface area contributed by atoms with Gasteiger partial charge in [-0.1, -0.05) is 30.3 Å². The van der Waals surface area contributed by atoms with Crippen molar-refractivity contribution in [2.24, 2.45) is 0 Å². The highest BCUT2D eigenvalue weighted by molar-refractivity contribution is 5.98. The summed E-state index contributed by atoms with van der Waals surface area (Å²) >= 11 is 0. The molecule has 5 rings (SSSR count). The van der Waals surface area contributed by atoms with Gasteiger partial charge in [0.15, 0.2) is 11.5 Å². The normalized spacial score (nSPS) is 12.6. The van der Waals surface area contributed by atoms with Crippen LogP contribution in [0, 0.1) is 0 Å². The van der Waals surface area contributed by atoms with Gasteiger partial charge in [-0.25, -0.2) is 0 Å². The van der Waals surface area contributed by atoms with Gasteiger partial charge in [0.1, 0.15) is 12.3 Å². The Labute approximate surface area is 252 Å². The molecular formula is C34H39N3O6. The van der Waals surface area contributed by atoms with Crippen molar-refractivity contribution in [3.63, 3.8) is 0 Å². The standard InChI is InChI=1S/C34H39N3O6/c1-5-43-27-14-10-23(11-15-27)21-36(17-16-24-20-35-29-9-7-6-8-28(24)29)32(38)22-37(26-12-13-26)34(39)25-18-30(40-2)33(42-4)31(19-25)41-3/h6-11,14-15,18-20,26,35H,5,12-13,16-17,21-22H2,1-4H3. The van der Waals surface area contributed by atoms with Gasteiger partial charge < -0.3 is 33.7 Å². The molecule has 1 aliphatic rings. The van der Waals surface area contributed by atoms with Crippen molar-refractivity contribution >= 4 is 22.7 Å². The van der Waals surface area contributed by atoms with E-state index >= 15 is 0 Å². The summed E-state index contributed by atoms with van der Waals surface area (Å²) in [5, 5.41) is 1.15. The minimum Gasteiger partial charge on any atom is -0.494 e. The van der Waals surface area contributed by atoms with Crippen LogP contribution in [0.25, 0.3) is 10.9 Å². The number of methoxy groups -OCH3 is 3. The Morgan fingerprint density at radius 3 is 2.26 bits per heavy atom. The van der Waals surface area contributed by atoms with Crippen LogP contribution >= 0.6 is 0 Å². The number of ether oxygens (including phenoxy) is 4. The maximum absolute atomic E-state index is 14.0. The van der Waals surface area contributed by atoms with Gasteiger partial charge in [0.2, 0.25) is 11.7 Å². The number of para-hydroxylation sites is 1. The van der Waals surface area contributed by atoms with Gasteiger partial charge in [0.05, 0.1) is 27.9 Å². The van der Waals surface area contributed by atoms with Crippen molar-refractivity contribution in [1.29, 1.82) is 0 Å². The smallest absolute Gasteiger partial charge is 0.254 e. The highest BCUT2D eigenvalue weighted by atomic mass is 16.5. The molecule has 1 fully saturated rings. The molecule has 1 N–H and O–H groups in total. The molecule has 0 radical (unpaired) electrons. The first-order valence-corrected chi connectivity index (χ1v) is 14.6. The first kappa shape index (κ1) is 29.8. The van der Waals surface area contributed by atoms with Crippen LogP contribution in [0.3, 0.4) is 0 Å². The number of rotatable bonds is 14. The quantitative estimate of drug-likeness (QED) is 0.211. The highest BCUT2D eigenvalue weighted by Crippen LogP contribution is 2.39. The topological polar surface area (TPSA) is 93.3 Å². The third-order valence-electron chi connectivity index (χ3n) is 7.75. The van der Waals surface area contributed by atoms with Gasteiger partial charge in [-0.15, -0.1) is 0 Å². The van der Waals surface area contributed by atoms with E-state index in [9.17, 15) is 9.59 Å². The van der Waals surface area contributed by atoms with Crippen LogP contribution < -0.4 is 18.9 Å². The van der Waals surface area contributed by atoms with Crippen molar-refractivity contribution in [2.45, 2.75) is 38.8 Å². The molecule has 1 aromatic heterocycles. The Morgan fingerprint density at radius 2 is 1.63 bits per heavy atom. The first-order valence-electron chi connectivity index (χ1n) is 14.6. The second kappa shape index (κ2) is 13.5. The first-order chi connectivity index (χ1) is 20.9. The molecule has 9 nitrogen and oxygen atoms in total. The van der Waals surface area contributed by atoms with Crippen molar-refractivity contribution in [1.82, 2.24) is 14.8 Å². The van der Waals surface area contributed by atoms with Crippen LogP contribution in [0.5, 0.6) is 23.0 Å². The molecule has 43 heavy (non-hydrogen) atoms. The highest BCUT2D eigenvalue weighted by Gasteiger charge is 2.36. The van der Waals surface area contributed by atoms with Crippen LogP contribution in [0.15, 0.2) is 66.9 Å². The summed E-state index contributed by atoms with van der Waals surface area (Å²) in [5.41, 5.74) is 3.58. The summed E-state index contributed by atoms with van der Waals surface area (Å²) in [5.74, 6) is 1.63. The van der Waals surface area contributed by atoms with Crippen molar-refractivity contribution in [2.75, 3.05) is 41.0 Å². The van der Waals surface area contributed by atoms with Crippen LogP contribution in [0.4, 0.5) is 0 Å². The molecule has 0 unspecified atom stereocenters. The van der Waals surface area contributed by atoms with E-state index in [1.54, 1.807) is 17.0 Å². The van der Waals surface area contributed by atoms with Crippen LogP contribution in [-0.4, -0.2) is 73.7 Å². The second-order valence-electron chi connectivity index (χ2n) is 10.6. The number of benzene rings is 3. The van der Waals surface area contributed by atoms with Gasteiger partial charge in [0, 0.05) is 41.8 Å². The van der Waals surface area contributed by atoms with E-state index in [0.29, 0.717) is 48.9 Å². The van der Waals surface area contributed by atoms with Crippen molar-refractivity contribution in [3.8, 4) is 23.0 Å². The largest absolute Gasteiger partial charge is 0.494 e. The predicted molar refractivity (Wildman–Crippen MR) is 165 cm³/mol. The van der Waals surface area contributed by atoms with Gasteiger partial charge >= 0.3 is 0 Å². The molecule has 1 aliphatic carbocycles.